The first-order valence-electron chi connectivity index (χ1n) is 9.18. The number of nitrogens with zero attached hydrogens (tertiary/aromatic N) is 1. The van der Waals surface area contributed by atoms with E-state index in [1.165, 1.54) is 6.26 Å². The molecule has 1 fully saturated rings. The molecule has 0 N–H and O–H groups in total. The van der Waals surface area contributed by atoms with Crippen LogP contribution in [0.3, 0.4) is 0 Å². The van der Waals surface area contributed by atoms with Gasteiger partial charge >= 0.3 is 0 Å². The molecule has 0 saturated carbocycles. The van der Waals surface area contributed by atoms with Crippen LogP contribution < -0.4 is 4.74 Å². The minimum atomic E-state index is -3.08. The van der Waals surface area contributed by atoms with Gasteiger partial charge in [-0.15, -0.1) is 0 Å². The van der Waals surface area contributed by atoms with E-state index in [2.05, 4.69) is 0 Å². The van der Waals surface area contributed by atoms with Crippen LogP contribution >= 0.6 is 0 Å². The molecule has 0 bridgehead atoms. The Balaban J connectivity index is 1.75. The number of carbonyl (C=O) groups is 1. The summed E-state index contributed by atoms with van der Waals surface area (Å²) in [5.41, 5.74) is 2.39. The maximum Gasteiger partial charge on any atom is 0.254 e. The quantitative estimate of drug-likeness (QED) is 0.760. The molecule has 5 nitrogen and oxygen atoms in total. The Kier molecular flexibility index (Phi) is 5.85. The smallest absolute Gasteiger partial charge is 0.254 e. The molecule has 1 aliphatic heterocycles. The molecule has 0 aromatic heterocycles. The second-order valence-corrected chi connectivity index (χ2v) is 9.07. The van der Waals surface area contributed by atoms with Crippen molar-refractivity contribution in [3.63, 3.8) is 0 Å². The number of amides is 1. The van der Waals surface area contributed by atoms with Crippen LogP contribution in [0.1, 0.15) is 47.3 Å². The predicted molar refractivity (Wildman–Crippen MR) is 106 cm³/mol. The van der Waals surface area contributed by atoms with Crippen molar-refractivity contribution in [2.24, 2.45) is 0 Å². The number of carbonyl (C=O) groups excluding carboxylic acids is 1. The van der Waals surface area contributed by atoms with Crippen LogP contribution in [0.5, 0.6) is 5.75 Å². The Hall–Kier alpha value is -2.34. The molecule has 0 radical (unpaired) electrons. The summed E-state index contributed by atoms with van der Waals surface area (Å²) in [6, 6.07) is 14.9. The number of hydrogen-bond donors (Lipinski definition) is 0. The second-order valence-electron chi connectivity index (χ2n) is 6.93. The van der Waals surface area contributed by atoms with Crippen LogP contribution in [0.4, 0.5) is 0 Å². The molecule has 1 unspecified atom stereocenters. The Morgan fingerprint density at radius 1 is 1.11 bits per heavy atom. The van der Waals surface area contributed by atoms with Crippen LogP contribution in [0.2, 0.25) is 0 Å². The molecule has 2 aromatic carbocycles. The fraction of sp³-hybridized carbons (Fsp3) is 0.381. The molecule has 0 aliphatic carbocycles. The highest BCUT2D eigenvalue weighted by Gasteiger charge is 2.30. The van der Waals surface area contributed by atoms with Gasteiger partial charge in [0.2, 0.25) is 0 Å². The summed E-state index contributed by atoms with van der Waals surface area (Å²) < 4.78 is 28.3. The van der Waals surface area contributed by atoms with Crippen molar-refractivity contribution in [3.8, 4) is 5.75 Å². The minimum Gasteiger partial charge on any atom is -0.494 e. The molecule has 27 heavy (non-hydrogen) atoms. The molecule has 1 atom stereocenters. The summed E-state index contributed by atoms with van der Waals surface area (Å²) in [7, 11) is -3.08. The van der Waals surface area contributed by atoms with Crippen molar-refractivity contribution >= 4 is 15.7 Å². The van der Waals surface area contributed by atoms with E-state index in [1.807, 2.05) is 36.1 Å². The maximum absolute atomic E-state index is 13.0. The zero-order valence-corrected chi connectivity index (χ0v) is 16.5. The van der Waals surface area contributed by atoms with Gasteiger partial charge in [0, 0.05) is 18.4 Å². The predicted octanol–water partition coefficient (Wildman–Crippen LogP) is 3.61. The third kappa shape index (κ3) is 4.89. The molecule has 6 heteroatoms. The van der Waals surface area contributed by atoms with E-state index < -0.39 is 9.84 Å². The summed E-state index contributed by atoms with van der Waals surface area (Å²) in [5.74, 6) is 0.802. The zero-order valence-electron chi connectivity index (χ0n) is 15.7. The standard InChI is InChI=1S/C21H25NO4S/c1-3-26-19-12-10-17(11-13-19)20-5-4-14-22(20)21(23)18-8-6-16(7-9-18)15-27(2,24)25/h6-13,20H,3-5,14-15H2,1-2H3. The molecule has 0 spiro atoms. The Labute approximate surface area is 160 Å². The largest absolute Gasteiger partial charge is 0.494 e. The molecule has 3 rings (SSSR count). The highest BCUT2D eigenvalue weighted by Crippen LogP contribution is 2.34. The third-order valence-electron chi connectivity index (χ3n) is 4.72. The first-order chi connectivity index (χ1) is 12.9. The molecule has 1 saturated heterocycles. The van der Waals surface area contributed by atoms with Gasteiger partial charge in [-0.2, -0.15) is 0 Å². The maximum atomic E-state index is 13.0. The van der Waals surface area contributed by atoms with Crippen molar-refractivity contribution in [2.45, 2.75) is 31.6 Å². The summed E-state index contributed by atoms with van der Waals surface area (Å²) in [6.45, 7) is 3.30. The summed E-state index contributed by atoms with van der Waals surface area (Å²) in [5, 5.41) is 0. The van der Waals surface area contributed by atoms with Crippen LogP contribution in [-0.4, -0.2) is 38.6 Å². The zero-order chi connectivity index (χ0) is 19.4. The summed E-state index contributed by atoms with van der Waals surface area (Å²) in [4.78, 5) is 14.9. The molecule has 1 amide bonds. The first kappa shape index (κ1) is 19.4. The molecule has 1 aliphatic rings. The van der Waals surface area contributed by atoms with Crippen LogP contribution in [0.15, 0.2) is 48.5 Å². The van der Waals surface area contributed by atoms with E-state index in [1.54, 1.807) is 24.3 Å². The lowest BCUT2D eigenvalue weighted by atomic mass is 10.0. The normalized spacial score (nSPS) is 17.1. The van der Waals surface area contributed by atoms with E-state index in [9.17, 15) is 13.2 Å². The van der Waals surface area contributed by atoms with E-state index in [-0.39, 0.29) is 17.7 Å². The van der Waals surface area contributed by atoms with Crippen LogP contribution in [0.25, 0.3) is 0 Å². The Bertz CT molecular complexity index is 889. The van der Waals surface area contributed by atoms with Crippen molar-refractivity contribution in [1.82, 2.24) is 4.90 Å². The second kappa shape index (κ2) is 8.13. The van der Waals surface area contributed by atoms with E-state index in [0.29, 0.717) is 17.7 Å². The van der Waals surface area contributed by atoms with Crippen LogP contribution in [0, 0.1) is 0 Å². The fourth-order valence-electron chi connectivity index (χ4n) is 3.52. The van der Waals surface area contributed by atoms with Gasteiger partial charge in [-0.3, -0.25) is 4.79 Å². The van der Waals surface area contributed by atoms with E-state index >= 15 is 0 Å². The highest BCUT2D eigenvalue weighted by molar-refractivity contribution is 7.89. The third-order valence-corrected chi connectivity index (χ3v) is 5.58. The van der Waals surface area contributed by atoms with Crippen molar-refractivity contribution in [1.29, 1.82) is 0 Å². The lowest BCUT2D eigenvalue weighted by Crippen LogP contribution is -2.30. The lowest BCUT2D eigenvalue weighted by molar-refractivity contribution is 0.0735. The van der Waals surface area contributed by atoms with Gasteiger partial charge in [-0.25, -0.2) is 8.42 Å². The Morgan fingerprint density at radius 2 is 1.78 bits per heavy atom. The van der Waals surface area contributed by atoms with Gasteiger partial charge in [0.1, 0.15) is 5.75 Å². The average molecular weight is 388 g/mol. The summed E-state index contributed by atoms with van der Waals surface area (Å²) in [6.07, 6.45) is 3.11. The van der Waals surface area contributed by atoms with Crippen LogP contribution in [-0.2, 0) is 15.6 Å². The number of sulfone groups is 1. The van der Waals surface area contributed by atoms with Crippen molar-refractivity contribution in [2.75, 3.05) is 19.4 Å². The minimum absolute atomic E-state index is 0.0139. The first-order valence-corrected chi connectivity index (χ1v) is 11.2. The monoisotopic (exact) mass is 387 g/mol. The van der Waals surface area contributed by atoms with Gasteiger partial charge in [0.05, 0.1) is 18.4 Å². The number of rotatable bonds is 6. The topological polar surface area (TPSA) is 63.7 Å². The van der Waals surface area contributed by atoms with Gasteiger partial charge in [0.25, 0.3) is 5.91 Å². The van der Waals surface area contributed by atoms with Gasteiger partial charge < -0.3 is 9.64 Å². The molecule has 2 aromatic rings. The average Bonchev–Trinajstić information content (AvgIpc) is 3.11. The SMILES string of the molecule is CCOc1ccc(C2CCCN2C(=O)c2ccc(CS(C)(=O)=O)cc2)cc1. The molecule has 1 heterocycles. The number of ether oxygens (including phenoxy) is 1. The lowest BCUT2D eigenvalue weighted by Gasteiger charge is -2.25. The Morgan fingerprint density at radius 3 is 2.37 bits per heavy atom. The molecular weight excluding hydrogens is 362 g/mol. The van der Waals surface area contributed by atoms with Crippen molar-refractivity contribution in [3.05, 3.63) is 65.2 Å². The van der Waals surface area contributed by atoms with Gasteiger partial charge in [-0.05, 0) is 55.2 Å². The molecular formula is C21H25NO4S. The van der Waals surface area contributed by atoms with Gasteiger partial charge in [0.15, 0.2) is 9.84 Å². The number of likely N-dealkylation sites (tertiary alicyclic amines) is 1. The summed E-state index contributed by atoms with van der Waals surface area (Å²) >= 11 is 0. The molecule has 144 valence electrons. The van der Waals surface area contributed by atoms with Crippen molar-refractivity contribution < 1.29 is 17.9 Å². The highest BCUT2D eigenvalue weighted by atomic mass is 32.2. The van der Waals surface area contributed by atoms with E-state index in [4.69, 9.17) is 4.74 Å². The fourth-order valence-corrected chi connectivity index (χ4v) is 4.32. The van der Waals surface area contributed by atoms with Gasteiger partial charge in [-0.1, -0.05) is 24.3 Å². The number of hydrogen-bond acceptors (Lipinski definition) is 4. The number of benzene rings is 2. The van der Waals surface area contributed by atoms with E-state index in [0.717, 1.165) is 30.7 Å².